The van der Waals surface area contributed by atoms with Gasteiger partial charge in [-0.1, -0.05) is 13.8 Å². The summed E-state index contributed by atoms with van der Waals surface area (Å²) in [6.45, 7) is 3.40. The molecular weight excluding hydrogens is 232 g/mol. The van der Waals surface area contributed by atoms with Crippen molar-refractivity contribution in [1.29, 1.82) is 5.26 Å². The Morgan fingerprint density at radius 3 is 2.25 bits per heavy atom. The summed E-state index contributed by atoms with van der Waals surface area (Å²) in [5.41, 5.74) is -1.15. The third-order valence-corrected chi connectivity index (χ3v) is 3.63. The quantitative estimate of drug-likeness (QED) is 0.675. The summed E-state index contributed by atoms with van der Waals surface area (Å²) >= 11 is 0. The lowest BCUT2D eigenvalue weighted by Crippen LogP contribution is -2.48. The minimum atomic E-state index is -3.83. The largest absolute Gasteiger partial charge is 0.468 e. The van der Waals surface area contributed by atoms with Crippen LogP contribution in [0, 0.1) is 11.3 Å². The molecule has 0 saturated heterocycles. The lowest BCUT2D eigenvalue weighted by atomic mass is 9.97. The maximum Gasteiger partial charge on any atom is 0.322 e. The zero-order chi connectivity index (χ0) is 12.8. The average molecular weight is 248 g/mol. The predicted molar refractivity (Wildman–Crippen MR) is 57.9 cm³/mol. The van der Waals surface area contributed by atoms with Gasteiger partial charge in [-0.05, 0) is 12.8 Å². The molecule has 0 saturated carbocycles. The number of esters is 1. The summed E-state index contributed by atoms with van der Waals surface area (Å²) in [7, 11) is -2.73. The second-order valence-electron chi connectivity index (χ2n) is 3.34. The Balaban J connectivity index is 4.83. The van der Waals surface area contributed by atoms with Crippen molar-refractivity contribution in [1.82, 2.24) is 4.72 Å². The molecule has 0 spiro atoms. The molecule has 0 aliphatic rings. The minimum absolute atomic E-state index is 0.334. The number of nitriles is 1. The molecule has 0 radical (unpaired) electrons. The number of nitrogens with one attached hydrogen (secondary N) is 1. The molecule has 0 unspecified atom stereocenters. The van der Waals surface area contributed by atoms with E-state index in [0.717, 1.165) is 7.11 Å². The molecule has 6 nitrogen and oxygen atoms in total. The summed E-state index contributed by atoms with van der Waals surface area (Å²) in [6, 6.07) is 1.92. The molecule has 0 rings (SSSR count). The van der Waals surface area contributed by atoms with Gasteiger partial charge in [-0.25, -0.2) is 8.42 Å². The highest BCUT2D eigenvalue weighted by Crippen LogP contribution is 2.15. The summed E-state index contributed by atoms with van der Waals surface area (Å²) < 4.78 is 29.6. The molecule has 0 aromatic heterocycles. The molecule has 0 atom stereocenters. The van der Waals surface area contributed by atoms with E-state index < -0.39 is 27.3 Å². The van der Waals surface area contributed by atoms with Crippen LogP contribution in [-0.2, 0) is 19.6 Å². The van der Waals surface area contributed by atoms with Crippen LogP contribution in [0.15, 0.2) is 0 Å². The van der Waals surface area contributed by atoms with E-state index in [4.69, 9.17) is 5.26 Å². The van der Waals surface area contributed by atoms with Crippen LogP contribution in [0.1, 0.15) is 26.7 Å². The highest BCUT2D eigenvalue weighted by Gasteiger charge is 2.32. The maximum absolute atomic E-state index is 11.5. The zero-order valence-corrected chi connectivity index (χ0v) is 10.4. The molecule has 92 valence electrons. The van der Waals surface area contributed by atoms with Crippen molar-refractivity contribution >= 4 is 16.0 Å². The van der Waals surface area contributed by atoms with Crippen molar-refractivity contribution in [3.05, 3.63) is 0 Å². The number of nitrogens with zero attached hydrogens (tertiary/aromatic N) is 1. The number of hydrogen-bond acceptors (Lipinski definition) is 5. The first-order chi connectivity index (χ1) is 7.34. The standard InChI is InChI=1S/C9H16N2O4S/c1-4-9(5-2,7-10)11-16(13,14)6-8(12)15-3/h11H,4-6H2,1-3H3. The van der Waals surface area contributed by atoms with Crippen molar-refractivity contribution in [2.75, 3.05) is 12.9 Å². The third-order valence-electron chi connectivity index (χ3n) is 2.31. The molecule has 0 bridgehead atoms. The Labute approximate surface area is 95.6 Å². The van der Waals surface area contributed by atoms with E-state index >= 15 is 0 Å². The van der Waals surface area contributed by atoms with Crippen LogP contribution in [0.5, 0.6) is 0 Å². The molecule has 7 heteroatoms. The Morgan fingerprint density at radius 2 is 1.94 bits per heavy atom. The van der Waals surface area contributed by atoms with Crippen LogP contribution in [0.4, 0.5) is 0 Å². The number of hydrogen-bond donors (Lipinski definition) is 1. The number of methoxy groups -OCH3 is 1. The Bertz CT molecular complexity index is 379. The van der Waals surface area contributed by atoms with Crippen LogP contribution in [0.2, 0.25) is 0 Å². The van der Waals surface area contributed by atoms with Crippen LogP contribution < -0.4 is 4.72 Å². The summed E-state index contributed by atoms with van der Waals surface area (Å²) in [4.78, 5) is 10.9. The summed E-state index contributed by atoms with van der Waals surface area (Å²) in [5.74, 6) is -1.63. The van der Waals surface area contributed by atoms with Crippen molar-refractivity contribution in [3.63, 3.8) is 0 Å². The number of carbonyl (C=O) groups is 1. The molecule has 0 fully saturated rings. The first-order valence-electron chi connectivity index (χ1n) is 4.84. The van der Waals surface area contributed by atoms with Crippen LogP contribution in [-0.4, -0.2) is 32.8 Å². The molecule has 1 N–H and O–H groups in total. The van der Waals surface area contributed by atoms with Crippen molar-refractivity contribution in [2.24, 2.45) is 0 Å². The molecule has 0 aromatic rings. The van der Waals surface area contributed by atoms with Crippen LogP contribution in [0.3, 0.4) is 0 Å². The number of carbonyl (C=O) groups excluding carboxylic acids is 1. The predicted octanol–water partition coefficient (Wildman–Crippen LogP) is 0.161. The highest BCUT2D eigenvalue weighted by atomic mass is 32.2. The zero-order valence-electron chi connectivity index (χ0n) is 9.61. The molecule has 0 aliphatic carbocycles. The number of sulfonamides is 1. The van der Waals surface area contributed by atoms with E-state index in [0.29, 0.717) is 12.8 Å². The van der Waals surface area contributed by atoms with Gasteiger partial charge in [-0.2, -0.15) is 9.98 Å². The SMILES string of the molecule is CCC(C#N)(CC)NS(=O)(=O)CC(=O)OC. The second kappa shape index (κ2) is 5.82. The fourth-order valence-electron chi connectivity index (χ4n) is 1.12. The Kier molecular flexibility index (Phi) is 5.41. The van der Waals surface area contributed by atoms with Gasteiger partial charge in [0.1, 0.15) is 5.54 Å². The number of rotatable bonds is 6. The fraction of sp³-hybridized carbons (Fsp3) is 0.778. The van der Waals surface area contributed by atoms with Gasteiger partial charge in [0.2, 0.25) is 10.0 Å². The minimum Gasteiger partial charge on any atom is -0.468 e. The first-order valence-corrected chi connectivity index (χ1v) is 6.49. The van der Waals surface area contributed by atoms with Crippen LogP contribution >= 0.6 is 0 Å². The number of ether oxygens (including phenoxy) is 1. The normalized spacial score (nSPS) is 11.9. The second-order valence-corrected chi connectivity index (χ2v) is 5.06. The molecule has 0 heterocycles. The van der Waals surface area contributed by atoms with Gasteiger partial charge in [0.25, 0.3) is 0 Å². The molecule has 0 aromatic carbocycles. The van der Waals surface area contributed by atoms with E-state index in [9.17, 15) is 13.2 Å². The monoisotopic (exact) mass is 248 g/mol. The van der Waals surface area contributed by atoms with Gasteiger partial charge in [0.05, 0.1) is 13.2 Å². The van der Waals surface area contributed by atoms with Gasteiger partial charge in [0, 0.05) is 0 Å². The first kappa shape index (κ1) is 14.9. The van der Waals surface area contributed by atoms with Crippen molar-refractivity contribution < 1.29 is 17.9 Å². The third kappa shape index (κ3) is 4.16. The van der Waals surface area contributed by atoms with E-state index in [1.807, 2.05) is 6.07 Å². The Hall–Kier alpha value is -1.13. The van der Waals surface area contributed by atoms with E-state index in [-0.39, 0.29) is 0 Å². The summed E-state index contributed by atoms with van der Waals surface area (Å²) in [6.07, 6.45) is 0.667. The average Bonchev–Trinajstić information content (AvgIpc) is 2.25. The van der Waals surface area contributed by atoms with Gasteiger partial charge in [-0.3, -0.25) is 4.79 Å². The van der Waals surface area contributed by atoms with E-state index in [1.165, 1.54) is 0 Å². The van der Waals surface area contributed by atoms with Gasteiger partial charge in [-0.15, -0.1) is 0 Å². The van der Waals surface area contributed by atoms with Gasteiger partial charge >= 0.3 is 5.97 Å². The smallest absolute Gasteiger partial charge is 0.322 e. The molecule has 0 amide bonds. The Morgan fingerprint density at radius 1 is 1.44 bits per heavy atom. The summed E-state index contributed by atoms with van der Waals surface area (Å²) in [5, 5.41) is 8.94. The van der Waals surface area contributed by atoms with Gasteiger partial charge < -0.3 is 4.74 Å². The van der Waals surface area contributed by atoms with E-state index in [2.05, 4.69) is 9.46 Å². The molecule has 16 heavy (non-hydrogen) atoms. The maximum atomic E-state index is 11.5. The van der Waals surface area contributed by atoms with Crippen molar-refractivity contribution in [2.45, 2.75) is 32.2 Å². The van der Waals surface area contributed by atoms with Crippen LogP contribution in [0.25, 0.3) is 0 Å². The highest BCUT2D eigenvalue weighted by molar-refractivity contribution is 7.90. The lowest BCUT2D eigenvalue weighted by Gasteiger charge is -2.24. The van der Waals surface area contributed by atoms with E-state index in [1.54, 1.807) is 13.8 Å². The molecule has 0 aliphatic heterocycles. The fourth-order valence-corrected chi connectivity index (χ4v) is 2.55. The molecular formula is C9H16N2O4S. The van der Waals surface area contributed by atoms with Gasteiger partial charge in [0.15, 0.2) is 5.75 Å². The van der Waals surface area contributed by atoms with Crippen molar-refractivity contribution in [3.8, 4) is 6.07 Å². The topological polar surface area (TPSA) is 96.3 Å². The lowest BCUT2D eigenvalue weighted by molar-refractivity contribution is -0.137.